The van der Waals surface area contributed by atoms with E-state index in [0.717, 1.165) is 5.56 Å². The second-order valence-electron chi connectivity index (χ2n) is 4.24. The zero-order valence-corrected chi connectivity index (χ0v) is 11.4. The highest BCUT2D eigenvalue weighted by Gasteiger charge is 2.27. The molecular formula is C15H11BrO2. The van der Waals surface area contributed by atoms with E-state index in [-0.39, 0.29) is 10.8 Å². The average molecular weight is 303 g/mol. The number of esters is 1. The van der Waals surface area contributed by atoms with E-state index in [4.69, 9.17) is 4.74 Å². The lowest BCUT2D eigenvalue weighted by Crippen LogP contribution is -2.01. The van der Waals surface area contributed by atoms with Crippen LogP contribution in [0.25, 0.3) is 11.1 Å². The largest absolute Gasteiger partial charge is 0.465 e. The molecule has 0 saturated heterocycles. The van der Waals surface area contributed by atoms with Gasteiger partial charge in [-0.25, -0.2) is 4.79 Å². The summed E-state index contributed by atoms with van der Waals surface area (Å²) in [6.45, 7) is 0. The van der Waals surface area contributed by atoms with Gasteiger partial charge in [0.15, 0.2) is 0 Å². The standard InChI is InChI=1S/C15H11BrO2/c1-18-15(17)9-6-7-11-10-4-2-3-5-12(10)14(16)13(11)8-9/h2-8,14H,1H3. The van der Waals surface area contributed by atoms with Gasteiger partial charge in [-0.15, -0.1) is 0 Å². The molecule has 1 atom stereocenters. The predicted octanol–water partition coefficient (Wildman–Crippen LogP) is 3.94. The molecule has 90 valence electrons. The zero-order valence-electron chi connectivity index (χ0n) is 9.81. The van der Waals surface area contributed by atoms with Crippen molar-refractivity contribution in [3.8, 4) is 11.1 Å². The van der Waals surface area contributed by atoms with E-state index < -0.39 is 0 Å². The number of hydrogen-bond donors (Lipinski definition) is 0. The number of benzene rings is 2. The van der Waals surface area contributed by atoms with Crippen molar-refractivity contribution in [2.24, 2.45) is 0 Å². The number of rotatable bonds is 1. The quantitative estimate of drug-likeness (QED) is 0.589. The van der Waals surface area contributed by atoms with Gasteiger partial charge in [0, 0.05) is 0 Å². The Balaban J connectivity index is 2.16. The number of ether oxygens (including phenoxy) is 1. The highest BCUT2D eigenvalue weighted by Crippen LogP contribution is 2.47. The molecule has 3 rings (SSSR count). The molecule has 0 spiro atoms. The van der Waals surface area contributed by atoms with Crippen LogP contribution in [-0.2, 0) is 4.74 Å². The number of carbonyl (C=O) groups is 1. The normalized spacial score (nSPS) is 16.0. The fourth-order valence-electron chi connectivity index (χ4n) is 2.39. The Kier molecular flexibility index (Phi) is 2.71. The van der Waals surface area contributed by atoms with Crippen molar-refractivity contribution in [2.75, 3.05) is 7.11 Å². The molecule has 0 aromatic heterocycles. The van der Waals surface area contributed by atoms with Gasteiger partial charge >= 0.3 is 5.97 Å². The summed E-state index contributed by atoms with van der Waals surface area (Å²) in [4.78, 5) is 11.7. The third kappa shape index (κ3) is 1.58. The maximum atomic E-state index is 11.6. The maximum absolute atomic E-state index is 11.6. The van der Waals surface area contributed by atoms with Crippen LogP contribution >= 0.6 is 15.9 Å². The number of alkyl halides is 1. The molecule has 0 amide bonds. The van der Waals surface area contributed by atoms with E-state index in [1.165, 1.54) is 23.8 Å². The van der Waals surface area contributed by atoms with Gasteiger partial charge < -0.3 is 4.74 Å². The van der Waals surface area contributed by atoms with Crippen LogP contribution in [0.5, 0.6) is 0 Å². The number of carbonyl (C=O) groups excluding carboxylic acids is 1. The van der Waals surface area contributed by atoms with Crippen LogP contribution in [-0.4, -0.2) is 13.1 Å². The maximum Gasteiger partial charge on any atom is 0.337 e. The first-order valence-corrected chi connectivity index (χ1v) is 6.59. The molecule has 2 nitrogen and oxygen atoms in total. The van der Waals surface area contributed by atoms with Gasteiger partial charge in [-0.05, 0) is 34.4 Å². The summed E-state index contributed by atoms with van der Waals surface area (Å²) in [6, 6.07) is 14.0. The molecule has 1 aliphatic rings. The van der Waals surface area contributed by atoms with Gasteiger partial charge in [0.25, 0.3) is 0 Å². The van der Waals surface area contributed by atoms with Crippen LogP contribution in [0.1, 0.15) is 26.3 Å². The summed E-state index contributed by atoms with van der Waals surface area (Å²) >= 11 is 3.69. The number of fused-ring (bicyclic) bond motifs is 3. The lowest BCUT2D eigenvalue weighted by Gasteiger charge is -2.06. The molecule has 0 bridgehead atoms. The Morgan fingerprint density at radius 3 is 2.61 bits per heavy atom. The summed E-state index contributed by atoms with van der Waals surface area (Å²) < 4.78 is 4.75. The zero-order chi connectivity index (χ0) is 12.7. The molecule has 0 N–H and O–H groups in total. The fourth-order valence-corrected chi connectivity index (χ4v) is 3.17. The molecule has 3 heteroatoms. The van der Waals surface area contributed by atoms with E-state index in [2.05, 4.69) is 28.1 Å². The molecule has 0 fully saturated rings. The highest BCUT2D eigenvalue weighted by molar-refractivity contribution is 9.09. The lowest BCUT2D eigenvalue weighted by atomic mass is 10.0. The third-order valence-corrected chi connectivity index (χ3v) is 4.26. The Hall–Kier alpha value is -1.61. The summed E-state index contributed by atoms with van der Waals surface area (Å²) in [5, 5.41) is 0. The molecule has 18 heavy (non-hydrogen) atoms. The van der Waals surface area contributed by atoms with Gasteiger partial charge in [0.1, 0.15) is 0 Å². The first-order chi connectivity index (χ1) is 8.72. The van der Waals surface area contributed by atoms with Crippen molar-refractivity contribution in [1.82, 2.24) is 0 Å². The third-order valence-electron chi connectivity index (χ3n) is 3.27. The number of methoxy groups -OCH3 is 1. The number of halogens is 1. The Morgan fingerprint density at radius 1 is 1.11 bits per heavy atom. The second kappa shape index (κ2) is 4.25. The predicted molar refractivity (Wildman–Crippen MR) is 74.0 cm³/mol. The van der Waals surface area contributed by atoms with Crippen LogP contribution in [0.15, 0.2) is 42.5 Å². The molecule has 0 saturated carbocycles. The molecule has 2 aromatic rings. The van der Waals surface area contributed by atoms with E-state index in [0.29, 0.717) is 5.56 Å². The molecule has 1 aliphatic carbocycles. The molecule has 0 aliphatic heterocycles. The lowest BCUT2D eigenvalue weighted by molar-refractivity contribution is 0.0600. The minimum absolute atomic E-state index is 0.147. The summed E-state index contributed by atoms with van der Waals surface area (Å²) in [6.07, 6.45) is 0. The summed E-state index contributed by atoms with van der Waals surface area (Å²) in [5.74, 6) is -0.298. The molecular weight excluding hydrogens is 292 g/mol. The Bertz CT molecular complexity index is 634. The van der Waals surface area contributed by atoms with Crippen LogP contribution in [0.4, 0.5) is 0 Å². The van der Waals surface area contributed by atoms with Crippen LogP contribution in [0.2, 0.25) is 0 Å². The van der Waals surface area contributed by atoms with Gasteiger partial charge in [0.05, 0.1) is 17.5 Å². The first kappa shape index (κ1) is 11.5. The van der Waals surface area contributed by atoms with Crippen molar-refractivity contribution >= 4 is 21.9 Å². The molecule has 2 aromatic carbocycles. The van der Waals surface area contributed by atoms with Crippen molar-refractivity contribution in [1.29, 1.82) is 0 Å². The molecule has 1 unspecified atom stereocenters. The van der Waals surface area contributed by atoms with E-state index in [9.17, 15) is 4.79 Å². The van der Waals surface area contributed by atoms with E-state index >= 15 is 0 Å². The topological polar surface area (TPSA) is 26.3 Å². The van der Waals surface area contributed by atoms with Crippen LogP contribution < -0.4 is 0 Å². The summed E-state index contributed by atoms with van der Waals surface area (Å²) in [7, 11) is 1.40. The summed E-state index contributed by atoms with van der Waals surface area (Å²) in [5.41, 5.74) is 5.37. The molecule has 0 radical (unpaired) electrons. The van der Waals surface area contributed by atoms with Gasteiger partial charge in [-0.3, -0.25) is 0 Å². The van der Waals surface area contributed by atoms with Crippen molar-refractivity contribution in [3.63, 3.8) is 0 Å². The van der Waals surface area contributed by atoms with Gasteiger partial charge in [-0.2, -0.15) is 0 Å². The van der Waals surface area contributed by atoms with Gasteiger partial charge in [0.2, 0.25) is 0 Å². The van der Waals surface area contributed by atoms with E-state index in [1.807, 2.05) is 30.3 Å². The van der Waals surface area contributed by atoms with Crippen LogP contribution in [0, 0.1) is 0 Å². The smallest absolute Gasteiger partial charge is 0.337 e. The Morgan fingerprint density at radius 2 is 1.83 bits per heavy atom. The fraction of sp³-hybridized carbons (Fsp3) is 0.133. The minimum Gasteiger partial charge on any atom is -0.465 e. The Labute approximate surface area is 114 Å². The van der Waals surface area contributed by atoms with Crippen LogP contribution in [0.3, 0.4) is 0 Å². The van der Waals surface area contributed by atoms with Gasteiger partial charge in [-0.1, -0.05) is 46.3 Å². The van der Waals surface area contributed by atoms with E-state index in [1.54, 1.807) is 0 Å². The SMILES string of the molecule is COC(=O)c1ccc2c(c1)C(Br)c1ccccc1-2. The van der Waals surface area contributed by atoms with Crippen molar-refractivity contribution in [3.05, 3.63) is 59.2 Å². The van der Waals surface area contributed by atoms with Crippen molar-refractivity contribution in [2.45, 2.75) is 4.83 Å². The highest BCUT2D eigenvalue weighted by atomic mass is 79.9. The minimum atomic E-state index is -0.298. The molecule has 0 heterocycles. The monoisotopic (exact) mass is 302 g/mol. The van der Waals surface area contributed by atoms with Crippen molar-refractivity contribution < 1.29 is 9.53 Å². The first-order valence-electron chi connectivity index (χ1n) is 5.68. The average Bonchev–Trinajstić information content (AvgIpc) is 2.72. The second-order valence-corrected chi connectivity index (χ2v) is 5.16. The number of hydrogen-bond acceptors (Lipinski definition) is 2.